The summed E-state index contributed by atoms with van der Waals surface area (Å²) in [5, 5.41) is 9.91. The van der Waals surface area contributed by atoms with Crippen molar-refractivity contribution in [2.24, 2.45) is 0 Å². The maximum Gasteiger partial charge on any atom is 0.223 e. The molecule has 0 aromatic heterocycles. The van der Waals surface area contributed by atoms with Crippen LogP contribution in [0.1, 0.15) is 10.4 Å². The van der Waals surface area contributed by atoms with Crippen LogP contribution in [0.4, 0.5) is 0 Å². The number of aliphatic hydroxyl groups is 1. The molecule has 0 fully saturated rings. The number of ether oxygens (including phenoxy) is 1. The predicted octanol–water partition coefficient (Wildman–Crippen LogP) is 1.67. The zero-order valence-electron chi connectivity index (χ0n) is 11.3. The average molecular weight is 306 g/mol. The Kier molecular flexibility index (Phi) is 4.40. The van der Waals surface area contributed by atoms with Crippen molar-refractivity contribution in [1.29, 1.82) is 0 Å². The maximum absolute atomic E-state index is 12.2. The summed E-state index contributed by atoms with van der Waals surface area (Å²) in [6.45, 7) is 0. The Morgan fingerprint density at radius 2 is 1.62 bits per heavy atom. The Morgan fingerprint density at radius 1 is 1.05 bits per heavy atom. The molecule has 21 heavy (non-hydrogen) atoms. The number of carbonyl (C=O) groups excluding carboxylic acids is 1. The fraction of sp³-hybridized carbons (Fsp3) is 0.133. The maximum atomic E-state index is 12.2. The van der Waals surface area contributed by atoms with Gasteiger partial charge in [-0.2, -0.15) is 0 Å². The van der Waals surface area contributed by atoms with Crippen molar-refractivity contribution in [2.75, 3.05) is 7.11 Å². The Morgan fingerprint density at radius 3 is 2.14 bits per heavy atom. The molecule has 5 nitrogen and oxygen atoms in total. The van der Waals surface area contributed by atoms with Gasteiger partial charge in [-0.25, -0.2) is 8.42 Å². The third-order valence-corrected chi connectivity index (χ3v) is 4.70. The van der Waals surface area contributed by atoms with Gasteiger partial charge in [-0.15, -0.1) is 0 Å². The molecule has 0 aliphatic rings. The van der Waals surface area contributed by atoms with Crippen molar-refractivity contribution in [3.8, 4) is 5.75 Å². The van der Waals surface area contributed by atoms with Gasteiger partial charge in [-0.05, 0) is 24.3 Å². The van der Waals surface area contributed by atoms with Gasteiger partial charge in [-0.3, -0.25) is 4.79 Å². The van der Waals surface area contributed by atoms with E-state index in [-0.39, 0.29) is 10.5 Å². The lowest BCUT2D eigenvalue weighted by molar-refractivity contribution is 0.0858. The fourth-order valence-electron chi connectivity index (χ4n) is 1.78. The Bertz CT molecular complexity index is 720. The second kappa shape index (κ2) is 6.07. The number of hydrogen-bond donors (Lipinski definition) is 1. The van der Waals surface area contributed by atoms with Crippen LogP contribution < -0.4 is 4.74 Å². The molecular weight excluding hydrogens is 292 g/mol. The fourth-order valence-corrected chi connectivity index (χ4v) is 2.97. The number of ketones is 1. The quantitative estimate of drug-likeness (QED) is 0.850. The van der Waals surface area contributed by atoms with Gasteiger partial charge in [0.1, 0.15) is 5.75 Å². The number of Topliss-reactive ketones (excluding diaryl/α,β-unsaturated/α-hetero) is 1. The summed E-state index contributed by atoms with van der Waals surface area (Å²) in [7, 11) is -2.71. The lowest BCUT2D eigenvalue weighted by Gasteiger charge is -2.11. The standard InChI is InChI=1S/C15H14O5S/c1-20-12-7-9-13(10-8-12)21(18,19)15(17)14(16)11-5-3-2-4-6-11/h2-10,15,17H,1H3. The lowest BCUT2D eigenvalue weighted by atomic mass is 10.1. The molecule has 0 spiro atoms. The van der Waals surface area contributed by atoms with E-state index in [1.807, 2.05) is 0 Å². The van der Waals surface area contributed by atoms with E-state index < -0.39 is 21.1 Å². The van der Waals surface area contributed by atoms with E-state index in [2.05, 4.69) is 0 Å². The number of methoxy groups -OCH3 is 1. The highest BCUT2D eigenvalue weighted by Gasteiger charge is 2.32. The van der Waals surface area contributed by atoms with E-state index in [1.54, 1.807) is 18.2 Å². The second-order valence-corrected chi connectivity index (χ2v) is 6.31. The minimum atomic E-state index is -4.16. The second-order valence-electron chi connectivity index (χ2n) is 4.30. The van der Waals surface area contributed by atoms with Crippen molar-refractivity contribution in [3.05, 3.63) is 60.2 Å². The third-order valence-electron chi connectivity index (χ3n) is 2.96. The van der Waals surface area contributed by atoms with E-state index in [0.29, 0.717) is 5.75 Å². The van der Waals surface area contributed by atoms with Gasteiger partial charge in [0, 0.05) is 5.56 Å². The SMILES string of the molecule is COc1ccc(S(=O)(=O)C(O)C(=O)c2ccccc2)cc1. The molecule has 110 valence electrons. The summed E-state index contributed by atoms with van der Waals surface area (Å²) in [6.07, 6.45) is 0. The van der Waals surface area contributed by atoms with Crippen LogP contribution in [0.2, 0.25) is 0 Å². The normalized spacial score (nSPS) is 12.7. The Balaban J connectivity index is 2.32. The molecule has 0 aliphatic heterocycles. The van der Waals surface area contributed by atoms with Crippen molar-refractivity contribution < 1.29 is 23.1 Å². The average Bonchev–Trinajstić information content (AvgIpc) is 2.54. The van der Waals surface area contributed by atoms with Gasteiger partial charge >= 0.3 is 0 Å². The number of sulfone groups is 1. The monoisotopic (exact) mass is 306 g/mol. The minimum absolute atomic E-state index is 0.139. The molecule has 0 radical (unpaired) electrons. The summed E-state index contributed by atoms with van der Waals surface area (Å²) in [5.74, 6) is -0.371. The molecular formula is C15H14O5S. The van der Waals surface area contributed by atoms with Gasteiger partial charge < -0.3 is 9.84 Å². The summed E-state index contributed by atoms with van der Waals surface area (Å²) < 4.78 is 29.4. The Hall–Kier alpha value is -2.18. The number of benzene rings is 2. The molecule has 0 bridgehead atoms. The molecule has 1 atom stereocenters. The van der Waals surface area contributed by atoms with Crippen LogP contribution in [0.5, 0.6) is 5.75 Å². The van der Waals surface area contributed by atoms with Crippen molar-refractivity contribution in [1.82, 2.24) is 0 Å². The van der Waals surface area contributed by atoms with Crippen LogP contribution in [-0.4, -0.2) is 31.9 Å². The smallest absolute Gasteiger partial charge is 0.223 e. The van der Waals surface area contributed by atoms with E-state index in [0.717, 1.165) is 0 Å². The van der Waals surface area contributed by atoms with Crippen LogP contribution in [0.25, 0.3) is 0 Å². The number of hydrogen-bond acceptors (Lipinski definition) is 5. The van der Waals surface area contributed by atoms with Crippen LogP contribution in [0.3, 0.4) is 0 Å². The summed E-state index contributed by atoms with van der Waals surface area (Å²) in [4.78, 5) is 11.9. The van der Waals surface area contributed by atoms with E-state index in [4.69, 9.17) is 4.74 Å². The van der Waals surface area contributed by atoms with Gasteiger partial charge in [0.2, 0.25) is 21.1 Å². The van der Waals surface area contributed by atoms with Gasteiger partial charge in [0.15, 0.2) is 0 Å². The first-order valence-corrected chi connectivity index (χ1v) is 7.66. The lowest BCUT2D eigenvalue weighted by Crippen LogP contribution is -2.30. The predicted molar refractivity (Wildman–Crippen MR) is 77.0 cm³/mol. The molecule has 2 rings (SSSR count). The molecule has 6 heteroatoms. The van der Waals surface area contributed by atoms with Crippen LogP contribution in [0, 0.1) is 0 Å². The van der Waals surface area contributed by atoms with Crippen LogP contribution >= 0.6 is 0 Å². The highest BCUT2D eigenvalue weighted by Crippen LogP contribution is 2.20. The van der Waals surface area contributed by atoms with Gasteiger partial charge in [0.25, 0.3) is 0 Å². The van der Waals surface area contributed by atoms with Crippen LogP contribution in [0.15, 0.2) is 59.5 Å². The van der Waals surface area contributed by atoms with Gasteiger partial charge in [0.05, 0.1) is 12.0 Å². The molecule has 0 aliphatic carbocycles. The molecule has 0 saturated carbocycles. The van der Waals surface area contributed by atoms with Crippen LogP contribution in [-0.2, 0) is 9.84 Å². The molecule has 0 heterocycles. The van der Waals surface area contributed by atoms with E-state index in [9.17, 15) is 18.3 Å². The molecule has 0 amide bonds. The first-order valence-electron chi connectivity index (χ1n) is 6.12. The number of rotatable bonds is 5. The van der Waals surface area contributed by atoms with Crippen molar-refractivity contribution in [3.63, 3.8) is 0 Å². The summed E-state index contributed by atoms with van der Waals surface area (Å²) in [6, 6.07) is 13.3. The number of carbonyl (C=O) groups is 1. The van der Waals surface area contributed by atoms with Crippen molar-refractivity contribution >= 4 is 15.6 Å². The highest BCUT2D eigenvalue weighted by atomic mass is 32.2. The zero-order valence-corrected chi connectivity index (χ0v) is 12.1. The minimum Gasteiger partial charge on any atom is -0.497 e. The first-order chi connectivity index (χ1) is 9.96. The summed E-state index contributed by atoms with van der Waals surface area (Å²) >= 11 is 0. The highest BCUT2D eigenvalue weighted by molar-refractivity contribution is 7.92. The molecule has 2 aromatic carbocycles. The van der Waals surface area contributed by atoms with Gasteiger partial charge in [-0.1, -0.05) is 30.3 Å². The largest absolute Gasteiger partial charge is 0.497 e. The molecule has 0 saturated heterocycles. The zero-order chi connectivity index (χ0) is 15.5. The topological polar surface area (TPSA) is 80.7 Å². The Labute approximate surface area is 122 Å². The molecule has 1 unspecified atom stereocenters. The first kappa shape index (κ1) is 15.2. The third kappa shape index (κ3) is 3.12. The summed E-state index contributed by atoms with van der Waals surface area (Å²) in [5.41, 5.74) is -1.99. The van der Waals surface area contributed by atoms with E-state index in [1.165, 1.54) is 43.5 Å². The van der Waals surface area contributed by atoms with Crippen molar-refractivity contribution in [2.45, 2.75) is 10.3 Å². The molecule has 2 aromatic rings. The van der Waals surface area contributed by atoms with E-state index >= 15 is 0 Å². The number of aliphatic hydroxyl groups excluding tert-OH is 1. The molecule has 1 N–H and O–H groups in total.